The van der Waals surface area contributed by atoms with Crippen LogP contribution in [-0.4, -0.2) is 0 Å². The standard InChI is InChI=1S/C6H6Cl2NP/c7-10(8)6-3-1-5(9)2-4-6/h1-4H,9H2/p+1. The highest BCUT2D eigenvalue weighted by Gasteiger charge is 2.01. The second kappa shape index (κ2) is 3.54. The van der Waals surface area contributed by atoms with Crippen LogP contribution in [0.4, 0.5) is 5.69 Å². The largest absolute Gasteiger partial charge is 0.325 e. The molecule has 3 N–H and O–H groups in total. The molecule has 0 unspecified atom stereocenters. The van der Waals surface area contributed by atoms with Crippen molar-refractivity contribution in [1.29, 1.82) is 0 Å². The van der Waals surface area contributed by atoms with Crippen molar-refractivity contribution in [3.63, 3.8) is 0 Å². The summed E-state index contributed by atoms with van der Waals surface area (Å²) in [6.07, 6.45) is 0. The summed E-state index contributed by atoms with van der Waals surface area (Å²) in [5, 5.41) is 0.978. The number of quaternary nitrogens is 1. The van der Waals surface area contributed by atoms with Crippen molar-refractivity contribution in [2.75, 3.05) is 0 Å². The van der Waals surface area contributed by atoms with Crippen molar-refractivity contribution in [3.8, 4) is 0 Å². The normalized spacial score (nSPS) is 10.4. The molecule has 0 aliphatic carbocycles. The summed E-state index contributed by atoms with van der Waals surface area (Å²) in [6, 6.07) is 7.59. The fraction of sp³-hybridized carbons (Fsp3) is 0. The highest BCUT2D eigenvalue weighted by molar-refractivity contribution is 8.08. The zero-order valence-electron chi connectivity index (χ0n) is 5.22. The Hall–Kier alpha value is 0.190. The Bertz CT molecular complexity index is 209. The van der Waals surface area contributed by atoms with Crippen LogP contribution < -0.4 is 11.0 Å². The van der Waals surface area contributed by atoms with E-state index in [1.54, 1.807) is 0 Å². The zero-order valence-corrected chi connectivity index (χ0v) is 7.63. The maximum Gasteiger partial charge on any atom is 0.127 e. The van der Waals surface area contributed by atoms with E-state index in [1.165, 1.54) is 0 Å². The summed E-state index contributed by atoms with van der Waals surface area (Å²) in [7, 11) is 0. The summed E-state index contributed by atoms with van der Waals surface area (Å²) >= 11 is 11.3. The van der Waals surface area contributed by atoms with E-state index >= 15 is 0 Å². The molecule has 4 heteroatoms. The SMILES string of the molecule is [NH3+]c1ccc(P(Cl)Cl)cc1. The molecular weight excluding hydrogens is 188 g/mol. The highest BCUT2D eigenvalue weighted by atomic mass is 35.9. The molecule has 0 aliphatic heterocycles. The van der Waals surface area contributed by atoms with Crippen LogP contribution in [0.25, 0.3) is 0 Å². The van der Waals surface area contributed by atoms with E-state index in [0.717, 1.165) is 11.0 Å². The van der Waals surface area contributed by atoms with E-state index < -0.39 is 6.63 Å². The first-order valence-electron chi connectivity index (χ1n) is 2.74. The molecule has 0 saturated heterocycles. The van der Waals surface area contributed by atoms with Gasteiger partial charge in [0.05, 0.1) is 0 Å². The molecule has 0 atom stereocenters. The van der Waals surface area contributed by atoms with Gasteiger partial charge in [0.1, 0.15) is 12.3 Å². The van der Waals surface area contributed by atoms with Gasteiger partial charge in [0.2, 0.25) is 0 Å². The van der Waals surface area contributed by atoms with Crippen molar-refractivity contribution >= 4 is 40.1 Å². The third-order valence-corrected chi connectivity index (χ3v) is 2.99. The van der Waals surface area contributed by atoms with Gasteiger partial charge in [-0.2, -0.15) is 0 Å². The van der Waals surface area contributed by atoms with Crippen LogP contribution in [0.2, 0.25) is 0 Å². The number of benzene rings is 1. The zero-order chi connectivity index (χ0) is 7.56. The van der Waals surface area contributed by atoms with E-state index in [0.29, 0.717) is 0 Å². The third kappa shape index (κ3) is 2.10. The van der Waals surface area contributed by atoms with E-state index in [-0.39, 0.29) is 0 Å². The lowest BCUT2D eigenvalue weighted by Crippen LogP contribution is -2.40. The summed E-state index contributed by atoms with van der Waals surface area (Å²) in [5.41, 5.74) is 4.72. The molecule has 0 aromatic heterocycles. The fourth-order valence-corrected chi connectivity index (χ4v) is 1.66. The predicted molar refractivity (Wildman–Crippen MR) is 47.3 cm³/mol. The molecule has 0 spiro atoms. The van der Waals surface area contributed by atoms with Crippen LogP contribution in [0.5, 0.6) is 0 Å². The minimum atomic E-state index is -0.991. The average molecular weight is 195 g/mol. The van der Waals surface area contributed by atoms with Gasteiger partial charge in [0.15, 0.2) is 0 Å². The van der Waals surface area contributed by atoms with Crippen molar-refractivity contribution in [3.05, 3.63) is 24.3 Å². The van der Waals surface area contributed by atoms with Crippen LogP contribution in [0.15, 0.2) is 24.3 Å². The molecule has 1 aromatic carbocycles. The monoisotopic (exact) mass is 194 g/mol. The molecular formula is C6H7Cl2NP+. The lowest BCUT2D eigenvalue weighted by atomic mass is 10.3. The Labute approximate surface area is 70.5 Å². The Morgan fingerprint density at radius 2 is 1.60 bits per heavy atom. The lowest BCUT2D eigenvalue weighted by Gasteiger charge is -1.97. The third-order valence-electron chi connectivity index (χ3n) is 1.13. The van der Waals surface area contributed by atoms with E-state index in [4.69, 9.17) is 22.5 Å². The number of rotatable bonds is 1. The summed E-state index contributed by atoms with van der Waals surface area (Å²) in [4.78, 5) is 0. The van der Waals surface area contributed by atoms with Gasteiger partial charge in [0.25, 0.3) is 0 Å². The van der Waals surface area contributed by atoms with Crippen LogP contribution >= 0.6 is 29.1 Å². The Kier molecular flexibility index (Phi) is 2.94. The van der Waals surface area contributed by atoms with Gasteiger partial charge < -0.3 is 5.73 Å². The number of hydrogen-bond acceptors (Lipinski definition) is 0. The molecule has 0 radical (unpaired) electrons. The highest BCUT2D eigenvalue weighted by Crippen LogP contribution is 2.45. The summed E-state index contributed by atoms with van der Waals surface area (Å²) in [6.45, 7) is -0.991. The smallest absolute Gasteiger partial charge is 0.127 e. The van der Waals surface area contributed by atoms with E-state index in [1.807, 2.05) is 24.3 Å². The van der Waals surface area contributed by atoms with E-state index in [9.17, 15) is 0 Å². The molecule has 0 fully saturated rings. The van der Waals surface area contributed by atoms with E-state index in [2.05, 4.69) is 5.73 Å². The predicted octanol–water partition coefficient (Wildman–Crippen LogP) is 1.97. The van der Waals surface area contributed by atoms with Crippen molar-refractivity contribution in [2.45, 2.75) is 0 Å². The Balaban J connectivity index is 2.89. The quantitative estimate of drug-likeness (QED) is 0.663. The van der Waals surface area contributed by atoms with Crippen LogP contribution in [0.3, 0.4) is 0 Å². The van der Waals surface area contributed by atoms with Crippen LogP contribution in [0, 0.1) is 0 Å². The van der Waals surface area contributed by atoms with Gasteiger partial charge >= 0.3 is 0 Å². The van der Waals surface area contributed by atoms with Gasteiger partial charge in [-0.1, -0.05) is 22.5 Å². The molecule has 1 rings (SSSR count). The molecule has 0 bridgehead atoms. The fourth-order valence-electron chi connectivity index (χ4n) is 0.609. The molecule has 54 valence electrons. The van der Waals surface area contributed by atoms with Gasteiger partial charge in [-0.15, -0.1) is 0 Å². The molecule has 1 nitrogen and oxygen atoms in total. The number of hydrogen-bond donors (Lipinski definition) is 1. The first-order valence-corrected chi connectivity index (χ1v) is 5.89. The second-order valence-electron chi connectivity index (χ2n) is 1.90. The molecule has 0 amide bonds. The van der Waals surface area contributed by atoms with Crippen molar-refractivity contribution < 1.29 is 5.73 Å². The average Bonchev–Trinajstić information content (AvgIpc) is 1.88. The van der Waals surface area contributed by atoms with Crippen molar-refractivity contribution in [1.82, 2.24) is 0 Å². The van der Waals surface area contributed by atoms with Gasteiger partial charge in [-0.25, -0.2) is 0 Å². The molecule has 10 heavy (non-hydrogen) atoms. The Morgan fingerprint density at radius 3 is 2.00 bits per heavy atom. The second-order valence-corrected chi connectivity index (χ2v) is 5.43. The number of halogens is 2. The first kappa shape index (κ1) is 8.29. The lowest BCUT2D eigenvalue weighted by molar-refractivity contribution is -0.254. The topological polar surface area (TPSA) is 27.6 Å². The van der Waals surface area contributed by atoms with Crippen LogP contribution in [0.1, 0.15) is 0 Å². The minimum Gasteiger partial charge on any atom is -0.325 e. The van der Waals surface area contributed by atoms with Gasteiger partial charge in [-0.05, 0) is 24.3 Å². The molecule has 0 heterocycles. The Morgan fingerprint density at radius 1 is 1.10 bits per heavy atom. The maximum absolute atomic E-state index is 5.67. The van der Waals surface area contributed by atoms with Crippen LogP contribution in [-0.2, 0) is 0 Å². The summed E-state index contributed by atoms with van der Waals surface area (Å²) < 4.78 is 0. The van der Waals surface area contributed by atoms with Gasteiger partial charge in [-0.3, -0.25) is 0 Å². The summed E-state index contributed by atoms with van der Waals surface area (Å²) in [5.74, 6) is 0. The molecule has 0 aliphatic rings. The minimum absolute atomic E-state index is 0.978. The first-order chi connectivity index (χ1) is 4.70. The van der Waals surface area contributed by atoms with Crippen molar-refractivity contribution in [2.24, 2.45) is 0 Å². The maximum atomic E-state index is 5.67. The molecule has 0 saturated carbocycles. The van der Waals surface area contributed by atoms with Gasteiger partial charge in [0, 0.05) is 5.30 Å². The molecule has 1 aromatic rings.